The van der Waals surface area contributed by atoms with Gasteiger partial charge in [0.15, 0.2) is 5.58 Å². The fourth-order valence-corrected chi connectivity index (χ4v) is 2.35. The first kappa shape index (κ1) is 13.1. The molecule has 21 heavy (non-hydrogen) atoms. The summed E-state index contributed by atoms with van der Waals surface area (Å²) in [6.45, 7) is 1.82. The minimum Gasteiger partial charge on any atom is -0.507 e. The van der Waals surface area contributed by atoms with Gasteiger partial charge in [0.2, 0.25) is 0 Å². The summed E-state index contributed by atoms with van der Waals surface area (Å²) in [5, 5.41) is 22.9. The number of hydrogen-bond acceptors (Lipinski definition) is 5. The van der Waals surface area contributed by atoms with Gasteiger partial charge in [0.05, 0.1) is 17.1 Å². The number of rotatable bonds is 3. The van der Waals surface area contributed by atoms with Crippen LogP contribution in [0.3, 0.4) is 0 Å². The maximum atomic E-state index is 11.1. The number of benzene rings is 2. The fraction of sp³-hybridized carbons (Fsp3) is 0.133. The van der Waals surface area contributed by atoms with E-state index in [2.05, 4.69) is 10.3 Å². The summed E-state index contributed by atoms with van der Waals surface area (Å²) in [6, 6.07) is 9.45. The summed E-state index contributed by atoms with van der Waals surface area (Å²) in [5.41, 5.74) is 2.20. The maximum absolute atomic E-state index is 11.1. The van der Waals surface area contributed by atoms with Crippen LogP contribution in [0.2, 0.25) is 0 Å². The number of H-pyrrole nitrogens is 1. The van der Waals surface area contributed by atoms with Crippen LogP contribution in [0.15, 0.2) is 45.6 Å². The minimum absolute atomic E-state index is 0.0211. The number of phenols is 2. The Balaban J connectivity index is 1.92. The Morgan fingerprint density at radius 1 is 1.19 bits per heavy atom. The predicted octanol–water partition coefficient (Wildman–Crippen LogP) is 2.71. The highest BCUT2D eigenvalue weighted by Crippen LogP contribution is 2.34. The molecule has 6 heteroatoms. The second-order valence-electron chi connectivity index (χ2n) is 4.80. The van der Waals surface area contributed by atoms with Gasteiger partial charge in [-0.15, -0.1) is 0 Å². The highest BCUT2D eigenvalue weighted by atomic mass is 16.4. The van der Waals surface area contributed by atoms with Crippen molar-refractivity contribution in [3.05, 3.63) is 52.5 Å². The van der Waals surface area contributed by atoms with Crippen molar-refractivity contribution in [2.45, 2.75) is 13.0 Å². The molecule has 0 radical (unpaired) electrons. The van der Waals surface area contributed by atoms with Crippen LogP contribution in [-0.2, 0) is 0 Å². The normalized spacial score (nSPS) is 12.4. The SMILES string of the molecule is CC(Nc1ccc2oc(=O)[nH]c2c1)c1c(O)cccc1O. The van der Waals surface area contributed by atoms with Crippen LogP contribution in [0.25, 0.3) is 11.1 Å². The largest absolute Gasteiger partial charge is 0.507 e. The lowest BCUT2D eigenvalue weighted by molar-refractivity contribution is 0.434. The molecule has 6 nitrogen and oxygen atoms in total. The second kappa shape index (κ2) is 4.90. The molecular formula is C15H14N2O4. The summed E-state index contributed by atoms with van der Waals surface area (Å²) in [6.07, 6.45) is 0. The molecule has 1 heterocycles. The molecule has 0 saturated carbocycles. The molecule has 0 fully saturated rings. The van der Waals surface area contributed by atoms with E-state index >= 15 is 0 Å². The molecule has 3 rings (SSSR count). The number of aromatic nitrogens is 1. The van der Waals surface area contributed by atoms with Crippen LogP contribution < -0.4 is 11.1 Å². The Morgan fingerprint density at radius 2 is 1.90 bits per heavy atom. The third-order valence-corrected chi connectivity index (χ3v) is 3.30. The lowest BCUT2D eigenvalue weighted by Crippen LogP contribution is -2.07. The smallest absolute Gasteiger partial charge is 0.417 e. The van der Waals surface area contributed by atoms with Gasteiger partial charge in [0, 0.05) is 5.69 Å². The zero-order valence-corrected chi connectivity index (χ0v) is 11.3. The summed E-state index contributed by atoms with van der Waals surface area (Å²) in [5.74, 6) is -0.464. The first-order valence-corrected chi connectivity index (χ1v) is 6.45. The fourth-order valence-electron chi connectivity index (χ4n) is 2.35. The summed E-state index contributed by atoms with van der Waals surface area (Å²) >= 11 is 0. The van der Waals surface area contributed by atoms with Crippen molar-refractivity contribution in [2.24, 2.45) is 0 Å². The van der Waals surface area contributed by atoms with Crippen molar-refractivity contribution in [1.29, 1.82) is 0 Å². The summed E-state index contributed by atoms with van der Waals surface area (Å²) in [7, 11) is 0. The maximum Gasteiger partial charge on any atom is 0.417 e. The van der Waals surface area contributed by atoms with E-state index in [0.29, 0.717) is 16.7 Å². The molecule has 1 atom stereocenters. The van der Waals surface area contributed by atoms with Crippen LogP contribution >= 0.6 is 0 Å². The average molecular weight is 286 g/mol. The third kappa shape index (κ3) is 2.43. The van der Waals surface area contributed by atoms with E-state index in [1.807, 2.05) is 6.92 Å². The van der Waals surface area contributed by atoms with Gasteiger partial charge in [-0.1, -0.05) is 6.07 Å². The van der Waals surface area contributed by atoms with Gasteiger partial charge in [-0.3, -0.25) is 4.98 Å². The molecule has 0 saturated heterocycles. The minimum atomic E-state index is -0.506. The lowest BCUT2D eigenvalue weighted by Gasteiger charge is -2.18. The number of anilines is 1. The van der Waals surface area contributed by atoms with Crippen LogP contribution in [0.1, 0.15) is 18.5 Å². The molecule has 1 unspecified atom stereocenters. The zero-order chi connectivity index (χ0) is 15.0. The molecule has 108 valence electrons. The van der Waals surface area contributed by atoms with Crippen molar-refractivity contribution in [2.75, 3.05) is 5.32 Å². The Kier molecular flexibility index (Phi) is 3.06. The Morgan fingerprint density at radius 3 is 2.62 bits per heavy atom. The Hall–Kier alpha value is -2.89. The van der Waals surface area contributed by atoms with Crippen molar-refractivity contribution >= 4 is 16.8 Å². The van der Waals surface area contributed by atoms with E-state index in [1.54, 1.807) is 24.3 Å². The Labute approximate surface area is 119 Å². The molecule has 0 spiro atoms. The summed E-state index contributed by atoms with van der Waals surface area (Å²) in [4.78, 5) is 13.7. The standard InChI is InChI=1S/C15H14N2O4/c1-8(14-11(18)3-2-4-12(14)19)16-9-5-6-13-10(7-9)17-15(20)21-13/h2-8,16,18-19H,1H3,(H,17,20). The quantitative estimate of drug-likeness (QED) is 0.593. The van der Waals surface area contributed by atoms with Crippen LogP contribution in [0.5, 0.6) is 11.5 Å². The van der Waals surface area contributed by atoms with Gasteiger partial charge in [0.1, 0.15) is 11.5 Å². The predicted molar refractivity (Wildman–Crippen MR) is 78.6 cm³/mol. The monoisotopic (exact) mass is 286 g/mol. The number of aromatic amines is 1. The lowest BCUT2D eigenvalue weighted by atomic mass is 10.1. The number of nitrogens with one attached hydrogen (secondary N) is 2. The van der Waals surface area contributed by atoms with E-state index in [1.165, 1.54) is 12.1 Å². The van der Waals surface area contributed by atoms with Gasteiger partial charge >= 0.3 is 5.76 Å². The molecule has 4 N–H and O–H groups in total. The second-order valence-corrected chi connectivity index (χ2v) is 4.80. The Bertz CT molecular complexity index is 830. The van der Waals surface area contributed by atoms with Crippen molar-refractivity contribution in [3.63, 3.8) is 0 Å². The number of phenolic OH excluding ortho intramolecular Hbond substituents is 2. The number of fused-ring (bicyclic) bond motifs is 1. The number of hydrogen-bond donors (Lipinski definition) is 4. The molecule has 1 aromatic heterocycles. The van der Waals surface area contributed by atoms with E-state index in [-0.39, 0.29) is 17.5 Å². The molecule has 2 aromatic carbocycles. The topological polar surface area (TPSA) is 98.5 Å². The van der Waals surface area contributed by atoms with Crippen molar-refractivity contribution in [1.82, 2.24) is 4.98 Å². The molecule has 0 aliphatic rings. The highest BCUT2D eigenvalue weighted by molar-refractivity contribution is 5.77. The molecule has 0 bridgehead atoms. The van der Waals surface area contributed by atoms with Crippen molar-refractivity contribution < 1.29 is 14.6 Å². The first-order valence-electron chi connectivity index (χ1n) is 6.45. The van der Waals surface area contributed by atoms with E-state index < -0.39 is 5.76 Å². The van der Waals surface area contributed by atoms with Gasteiger partial charge in [-0.25, -0.2) is 4.79 Å². The highest BCUT2D eigenvalue weighted by Gasteiger charge is 2.15. The molecule has 0 aliphatic carbocycles. The molecule has 0 amide bonds. The van der Waals surface area contributed by atoms with Gasteiger partial charge in [-0.2, -0.15) is 0 Å². The van der Waals surface area contributed by atoms with Crippen LogP contribution in [-0.4, -0.2) is 15.2 Å². The van der Waals surface area contributed by atoms with Gasteiger partial charge < -0.3 is 19.9 Å². The zero-order valence-electron chi connectivity index (χ0n) is 11.3. The number of oxazole rings is 1. The van der Waals surface area contributed by atoms with E-state index in [9.17, 15) is 15.0 Å². The van der Waals surface area contributed by atoms with E-state index in [4.69, 9.17) is 4.42 Å². The van der Waals surface area contributed by atoms with Crippen LogP contribution in [0, 0.1) is 0 Å². The summed E-state index contributed by atoms with van der Waals surface area (Å²) < 4.78 is 4.93. The van der Waals surface area contributed by atoms with Crippen molar-refractivity contribution in [3.8, 4) is 11.5 Å². The third-order valence-electron chi connectivity index (χ3n) is 3.30. The van der Waals surface area contributed by atoms with Gasteiger partial charge in [0.25, 0.3) is 0 Å². The first-order chi connectivity index (χ1) is 10.0. The molecule has 3 aromatic rings. The molecular weight excluding hydrogens is 272 g/mol. The van der Waals surface area contributed by atoms with E-state index in [0.717, 1.165) is 5.69 Å². The average Bonchev–Trinajstić information content (AvgIpc) is 2.77. The van der Waals surface area contributed by atoms with Gasteiger partial charge in [-0.05, 0) is 37.3 Å². The number of aromatic hydroxyl groups is 2. The molecule has 0 aliphatic heterocycles. The van der Waals surface area contributed by atoms with Crippen LogP contribution in [0.4, 0.5) is 5.69 Å².